The van der Waals surface area contributed by atoms with Gasteiger partial charge in [0, 0.05) is 18.5 Å². The van der Waals surface area contributed by atoms with Gasteiger partial charge in [0.05, 0.1) is 11.0 Å². The average molecular weight is 291 g/mol. The molecule has 5 heteroatoms. The number of aliphatic hydroxyl groups excluding tert-OH is 1. The normalized spacial score (nSPS) is 12.9. The topological polar surface area (TPSA) is 66.4 Å². The smallest absolute Gasteiger partial charge is 0.175 e. The Hall–Kier alpha value is -1.85. The number of aliphatic hydroxyl groups is 1. The molecule has 0 aliphatic heterocycles. The molecule has 1 atom stereocenters. The number of rotatable bonds is 5. The van der Waals surface area contributed by atoms with Crippen molar-refractivity contribution in [2.75, 3.05) is 18.1 Å². The van der Waals surface area contributed by atoms with Crippen LogP contribution in [0.25, 0.3) is 0 Å². The molecular formula is C15H17NO3S. The summed E-state index contributed by atoms with van der Waals surface area (Å²) in [6.07, 6.45) is 0.569. The van der Waals surface area contributed by atoms with E-state index in [0.29, 0.717) is 6.54 Å². The van der Waals surface area contributed by atoms with Crippen LogP contribution in [0, 0.1) is 0 Å². The number of hydrogen-bond donors (Lipinski definition) is 2. The minimum Gasteiger partial charge on any atom is -0.387 e. The van der Waals surface area contributed by atoms with Gasteiger partial charge in [-0.2, -0.15) is 0 Å². The third kappa shape index (κ3) is 3.82. The number of benzene rings is 2. The maximum Gasteiger partial charge on any atom is 0.175 e. The van der Waals surface area contributed by atoms with E-state index in [-0.39, 0.29) is 4.90 Å². The first kappa shape index (κ1) is 14.6. The molecule has 0 spiro atoms. The highest BCUT2D eigenvalue weighted by Gasteiger charge is 2.08. The third-order valence-corrected chi connectivity index (χ3v) is 4.09. The third-order valence-electron chi connectivity index (χ3n) is 2.97. The number of hydrogen-bond acceptors (Lipinski definition) is 4. The monoisotopic (exact) mass is 291 g/mol. The van der Waals surface area contributed by atoms with Crippen molar-refractivity contribution in [1.82, 2.24) is 0 Å². The molecule has 0 fully saturated rings. The first-order valence-corrected chi connectivity index (χ1v) is 8.13. The van der Waals surface area contributed by atoms with Crippen LogP contribution < -0.4 is 5.32 Å². The summed E-state index contributed by atoms with van der Waals surface area (Å²) in [6.45, 7) is 0.363. The summed E-state index contributed by atoms with van der Waals surface area (Å²) in [5.41, 5.74) is 1.61. The largest absolute Gasteiger partial charge is 0.387 e. The molecular weight excluding hydrogens is 274 g/mol. The Morgan fingerprint density at radius 2 is 1.65 bits per heavy atom. The van der Waals surface area contributed by atoms with Crippen molar-refractivity contribution >= 4 is 15.5 Å². The predicted octanol–water partition coefficient (Wildman–Crippen LogP) is 2.24. The first-order valence-electron chi connectivity index (χ1n) is 6.24. The molecule has 2 rings (SSSR count). The molecule has 0 aliphatic rings. The number of sulfone groups is 1. The van der Waals surface area contributed by atoms with Crippen LogP contribution in [0.5, 0.6) is 0 Å². The summed E-state index contributed by atoms with van der Waals surface area (Å²) in [4.78, 5) is 0.284. The molecule has 1 unspecified atom stereocenters. The van der Waals surface area contributed by atoms with E-state index in [0.717, 1.165) is 11.3 Å². The standard InChI is InChI=1S/C15H17NO3S/c1-20(18,19)14-9-7-13(8-10-14)16-11-15(17)12-5-3-2-4-6-12/h2-10,15-17H,11H2,1H3. The zero-order valence-electron chi connectivity index (χ0n) is 11.2. The molecule has 0 saturated carbocycles. The van der Waals surface area contributed by atoms with Crippen LogP contribution in [0.3, 0.4) is 0 Å². The van der Waals surface area contributed by atoms with Crippen molar-refractivity contribution in [3.05, 3.63) is 60.2 Å². The Balaban J connectivity index is 1.98. The lowest BCUT2D eigenvalue weighted by molar-refractivity contribution is 0.191. The van der Waals surface area contributed by atoms with Crippen LogP contribution in [0.2, 0.25) is 0 Å². The van der Waals surface area contributed by atoms with E-state index in [1.54, 1.807) is 24.3 Å². The lowest BCUT2D eigenvalue weighted by Crippen LogP contribution is -2.12. The molecule has 4 nitrogen and oxygen atoms in total. The van der Waals surface area contributed by atoms with Gasteiger partial charge in [-0.05, 0) is 29.8 Å². The van der Waals surface area contributed by atoms with Crippen LogP contribution in [0.1, 0.15) is 11.7 Å². The van der Waals surface area contributed by atoms with Crippen molar-refractivity contribution in [3.63, 3.8) is 0 Å². The summed E-state index contributed by atoms with van der Waals surface area (Å²) in [5, 5.41) is 13.1. The van der Waals surface area contributed by atoms with Gasteiger partial charge in [-0.1, -0.05) is 30.3 Å². The molecule has 2 aromatic rings. The number of anilines is 1. The van der Waals surface area contributed by atoms with Gasteiger partial charge in [0.25, 0.3) is 0 Å². The van der Waals surface area contributed by atoms with Crippen LogP contribution in [0.4, 0.5) is 5.69 Å². The lowest BCUT2D eigenvalue weighted by atomic mass is 10.1. The fourth-order valence-corrected chi connectivity index (χ4v) is 2.46. The van der Waals surface area contributed by atoms with Gasteiger partial charge in [-0.25, -0.2) is 8.42 Å². The van der Waals surface area contributed by atoms with Crippen LogP contribution in [-0.4, -0.2) is 26.3 Å². The second-order valence-electron chi connectivity index (χ2n) is 4.60. The molecule has 0 bridgehead atoms. The highest BCUT2D eigenvalue weighted by Crippen LogP contribution is 2.16. The van der Waals surface area contributed by atoms with Gasteiger partial charge < -0.3 is 10.4 Å². The summed E-state index contributed by atoms with van der Waals surface area (Å²) >= 11 is 0. The van der Waals surface area contributed by atoms with E-state index >= 15 is 0 Å². The molecule has 0 saturated heterocycles. The van der Waals surface area contributed by atoms with E-state index in [2.05, 4.69) is 5.32 Å². The molecule has 0 radical (unpaired) electrons. The molecule has 0 amide bonds. The molecule has 2 aromatic carbocycles. The second kappa shape index (κ2) is 6.07. The minimum atomic E-state index is -3.17. The Morgan fingerprint density at radius 1 is 1.05 bits per heavy atom. The minimum absolute atomic E-state index is 0.284. The van der Waals surface area contributed by atoms with Gasteiger partial charge in [0.15, 0.2) is 9.84 Å². The van der Waals surface area contributed by atoms with Gasteiger partial charge in [-0.3, -0.25) is 0 Å². The molecule has 20 heavy (non-hydrogen) atoms. The quantitative estimate of drug-likeness (QED) is 0.886. The summed E-state index contributed by atoms with van der Waals surface area (Å²) in [6, 6.07) is 15.8. The summed E-state index contributed by atoms with van der Waals surface area (Å²) in [5.74, 6) is 0. The second-order valence-corrected chi connectivity index (χ2v) is 6.62. The van der Waals surface area contributed by atoms with Crippen molar-refractivity contribution in [3.8, 4) is 0 Å². The van der Waals surface area contributed by atoms with E-state index < -0.39 is 15.9 Å². The Bertz CT molecular complexity index is 651. The van der Waals surface area contributed by atoms with Crippen molar-refractivity contribution in [2.24, 2.45) is 0 Å². The maximum absolute atomic E-state index is 11.3. The van der Waals surface area contributed by atoms with Gasteiger partial charge in [-0.15, -0.1) is 0 Å². The Labute approximate surface area is 119 Å². The van der Waals surface area contributed by atoms with Gasteiger partial charge >= 0.3 is 0 Å². The van der Waals surface area contributed by atoms with E-state index in [1.807, 2.05) is 30.3 Å². The van der Waals surface area contributed by atoms with Crippen LogP contribution in [0.15, 0.2) is 59.5 Å². The molecule has 0 heterocycles. The fourth-order valence-electron chi connectivity index (χ4n) is 1.83. The van der Waals surface area contributed by atoms with Gasteiger partial charge in [0.2, 0.25) is 0 Å². The van der Waals surface area contributed by atoms with Crippen LogP contribution >= 0.6 is 0 Å². The van der Waals surface area contributed by atoms with Crippen LogP contribution in [-0.2, 0) is 9.84 Å². The molecule has 0 aliphatic carbocycles. The first-order chi connectivity index (χ1) is 9.47. The van der Waals surface area contributed by atoms with Crippen molar-refractivity contribution in [1.29, 1.82) is 0 Å². The van der Waals surface area contributed by atoms with Gasteiger partial charge in [0.1, 0.15) is 0 Å². The average Bonchev–Trinajstić information content (AvgIpc) is 2.45. The molecule has 106 valence electrons. The zero-order valence-corrected chi connectivity index (χ0v) is 12.0. The predicted molar refractivity (Wildman–Crippen MR) is 79.4 cm³/mol. The highest BCUT2D eigenvalue weighted by molar-refractivity contribution is 7.90. The summed E-state index contributed by atoms with van der Waals surface area (Å²) < 4.78 is 22.7. The Morgan fingerprint density at radius 3 is 2.20 bits per heavy atom. The fraction of sp³-hybridized carbons (Fsp3) is 0.200. The maximum atomic E-state index is 11.3. The number of nitrogens with one attached hydrogen (secondary N) is 1. The lowest BCUT2D eigenvalue weighted by Gasteiger charge is -2.13. The van der Waals surface area contributed by atoms with E-state index in [9.17, 15) is 13.5 Å². The van der Waals surface area contributed by atoms with Crippen molar-refractivity contribution < 1.29 is 13.5 Å². The summed E-state index contributed by atoms with van der Waals surface area (Å²) in [7, 11) is -3.17. The SMILES string of the molecule is CS(=O)(=O)c1ccc(NCC(O)c2ccccc2)cc1. The molecule has 0 aromatic heterocycles. The Kier molecular flexibility index (Phi) is 4.42. The molecule has 2 N–H and O–H groups in total. The highest BCUT2D eigenvalue weighted by atomic mass is 32.2. The van der Waals surface area contributed by atoms with Crippen molar-refractivity contribution in [2.45, 2.75) is 11.0 Å². The zero-order chi connectivity index (χ0) is 14.6. The van der Waals surface area contributed by atoms with E-state index in [1.165, 1.54) is 6.26 Å². The van der Waals surface area contributed by atoms with E-state index in [4.69, 9.17) is 0 Å².